The maximum absolute atomic E-state index is 14.3. The van der Waals surface area contributed by atoms with Gasteiger partial charge in [0, 0.05) is 50.1 Å². The lowest BCUT2D eigenvalue weighted by Crippen LogP contribution is -2.61. The third-order valence-electron chi connectivity index (χ3n) is 10.6. The van der Waals surface area contributed by atoms with E-state index < -0.39 is 53.2 Å². The number of nitrogens with zero attached hydrogens (tertiary/aromatic N) is 3. The first kappa shape index (κ1) is 45.2. The minimum absolute atomic E-state index is 0.212. The van der Waals surface area contributed by atoms with Gasteiger partial charge in [-0.3, -0.25) is 14.4 Å². The summed E-state index contributed by atoms with van der Waals surface area (Å²) in [6, 6.07) is 7.43. The molecule has 1 aromatic rings. The monoisotopic (exact) mass is 770 g/mol. The molecule has 0 aromatic heterocycles. The van der Waals surface area contributed by atoms with Crippen molar-refractivity contribution >= 4 is 29.9 Å². The molecule has 14 heteroatoms. The molecule has 4 atom stereocenters. The number of benzene rings is 1. The second kappa shape index (κ2) is 20.7. The molecule has 2 aliphatic heterocycles. The Bertz CT molecular complexity index is 1450. The van der Waals surface area contributed by atoms with Crippen molar-refractivity contribution in [3.63, 3.8) is 0 Å². The van der Waals surface area contributed by atoms with Gasteiger partial charge in [-0.25, -0.2) is 9.59 Å². The lowest BCUT2D eigenvalue weighted by molar-refractivity contribution is -0.256. The third kappa shape index (κ3) is 13.5. The summed E-state index contributed by atoms with van der Waals surface area (Å²) in [5.41, 5.74) is -0.210. The average molecular weight is 771 g/mol. The summed E-state index contributed by atoms with van der Waals surface area (Å²) < 4.78 is 5.72. The number of rotatable bonds is 18. The Morgan fingerprint density at radius 2 is 1.62 bits per heavy atom. The quantitative estimate of drug-likeness (QED) is 0.0972. The largest absolute Gasteiger partial charge is 0.465 e. The summed E-state index contributed by atoms with van der Waals surface area (Å²) in [4.78, 5) is 69.4. The van der Waals surface area contributed by atoms with Gasteiger partial charge in [0.15, 0.2) is 0 Å². The van der Waals surface area contributed by atoms with Crippen LogP contribution in [0.5, 0.6) is 0 Å². The Labute approximate surface area is 327 Å². The van der Waals surface area contributed by atoms with E-state index in [2.05, 4.69) is 16.0 Å². The van der Waals surface area contributed by atoms with Crippen LogP contribution in [0, 0.1) is 11.8 Å². The molecule has 5 N–H and O–H groups in total. The molecule has 0 aliphatic carbocycles. The number of amides is 5. The predicted molar refractivity (Wildman–Crippen MR) is 210 cm³/mol. The molecule has 1 aromatic carbocycles. The number of likely N-dealkylation sites (tertiary alicyclic amines) is 1. The molecule has 308 valence electrons. The number of carbonyl (C=O) groups excluding carboxylic acids is 4. The number of likely N-dealkylation sites (N-methyl/N-ethyl adjacent to an activating group) is 1. The van der Waals surface area contributed by atoms with E-state index in [1.54, 1.807) is 22.0 Å². The van der Waals surface area contributed by atoms with Gasteiger partial charge in [-0.05, 0) is 91.5 Å². The molecule has 0 spiro atoms. The van der Waals surface area contributed by atoms with Crippen LogP contribution in [0.2, 0.25) is 0 Å². The van der Waals surface area contributed by atoms with Crippen LogP contribution in [0.15, 0.2) is 42.5 Å². The summed E-state index contributed by atoms with van der Waals surface area (Å²) >= 11 is 0. The fourth-order valence-electron chi connectivity index (χ4n) is 7.97. The number of hydroxylamine groups is 2. The van der Waals surface area contributed by atoms with Gasteiger partial charge in [0.05, 0.1) is 12.0 Å². The van der Waals surface area contributed by atoms with E-state index in [4.69, 9.17) is 4.74 Å². The van der Waals surface area contributed by atoms with Crippen LogP contribution < -0.4 is 16.0 Å². The molecule has 3 rings (SSSR count). The number of carbonyl (C=O) groups is 5. The molecule has 3 unspecified atom stereocenters. The Morgan fingerprint density at radius 3 is 2.20 bits per heavy atom. The maximum Gasteiger partial charge on any atom is 0.407 e. The molecule has 2 heterocycles. The minimum atomic E-state index is -1.14. The summed E-state index contributed by atoms with van der Waals surface area (Å²) in [5.74, 6) is -1.31. The van der Waals surface area contributed by atoms with Gasteiger partial charge in [0.25, 0.3) is 0 Å². The van der Waals surface area contributed by atoms with Crippen molar-refractivity contribution in [3.8, 4) is 0 Å². The fraction of sp³-hybridized carbons (Fsp3) is 0.683. The lowest BCUT2D eigenvalue weighted by Gasteiger charge is -2.50. The van der Waals surface area contributed by atoms with E-state index in [0.717, 1.165) is 5.56 Å². The maximum atomic E-state index is 14.3. The molecule has 55 heavy (non-hydrogen) atoms. The normalized spacial score (nSPS) is 20.1. The van der Waals surface area contributed by atoms with Crippen LogP contribution in [-0.2, 0) is 25.5 Å². The fourth-order valence-corrected chi connectivity index (χ4v) is 7.97. The summed E-state index contributed by atoms with van der Waals surface area (Å²) in [7, 11) is 0. The minimum Gasteiger partial charge on any atom is -0.465 e. The molecule has 0 saturated carbocycles. The highest BCUT2D eigenvalue weighted by molar-refractivity contribution is 5.93. The van der Waals surface area contributed by atoms with Gasteiger partial charge in [0.2, 0.25) is 17.7 Å². The first-order chi connectivity index (χ1) is 25.9. The van der Waals surface area contributed by atoms with Crippen molar-refractivity contribution in [2.24, 2.45) is 11.8 Å². The van der Waals surface area contributed by atoms with E-state index in [1.807, 2.05) is 85.7 Å². The second-order valence-electron chi connectivity index (χ2n) is 16.6. The first-order valence-electron chi connectivity index (χ1n) is 19.9. The number of hydrogen-bond acceptors (Lipinski definition) is 8. The van der Waals surface area contributed by atoms with Gasteiger partial charge in [0.1, 0.15) is 18.2 Å². The zero-order chi connectivity index (χ0) is 40.9. The van der Waals surface area contributed by atoms with Gasteiger partial charge < -0.3 is 40.8 Å². The smallest absolute Gasteiger partial charge is 0.407 e. The van der Waals surface area contributed by atoms with E-state index >= 15 is 0 Å². The standard InChI is InChI=1S/C41H66N6O8/c1-9-45(10-2)37(50)33(18-14-22-42-39(53)55-32-26-40(5,6)47(54)41(7,8)27-32)44-35(48)34-19-15-23-46(34)36(49)30(25-29-16-12-11-13-17-29)20-21-31(24-28(3)4)43-38(51)52/h11-13,16-17,20-21,28,30-34,43,54H,9-10,14-15,18-19,22-27H2,1-8H3,(H,42,53)(H,44,48)(H,51,52)/b21-20+/t30?,31?,33?,34-/m0/s1. The Hall–Kier alpha value is -4.17. The highest BCUT2D eigenvalue weighted by Gasteiger charge is 2.46. The van der Waals surface area contributed by atoms with E-state index in [1.165, 1.54) is 5.06 Å². The van der Waals surface area contributed by atoms with Gasteiger partial charge >= 0.3 is 12.2 Å². The third-order valence-corrected chi connectivity index (χ3v) is 10.6. The Balaban J connectivity index is 1.71. The molecular formula is C41H66N6O8. The first-order valence-corrected chi connectivity index (χ1v) is 19.9. The molecular weight excluding hydrogens is 704 g/mol. The van der Waals surface area contributed by atoms with Crippen LogP contribution in [0.25, 0.3) is 0 Å². The molecule has 14 nitrogen and oxygen atoms in total. The van der Waals surface area contributed by atoms with E-state index in [9.17, 15) is 34.3 Å². The van der Waals surface area contributed by atoms with Crippen LogP contribution in [0.4, 0.5) is 9.59 Å². The van der Waals surface area contributed by atoms with Crippen molar-refractivity contribution in [2.75, 3.05) is 26.2 Å². The van der Waals surface area contributed by atoms with Crippen molar-refractivity contribution < 1.29 is 39.0 Å². The summed E-state index contributed by atoms with van der Waals surface area (Å²) in [5, 5.41) is 29.6. The van der Waals surface area contributed by atoms with Gasteiger partial charge in [-0.15, -0.1) is 0 Å². The Morgan fingerprint density at radius 1 is 0.982 bits per heavy atom. The topological polar surface area (TPSA) is 181 Å². The number of hydrogen-bond donors (Lipinski definition) is 5. The van der Waals surface area contributed by atoms with Crippen molar-refractivity contribution in [1.82, 2.24) is 30.8 Å². The molecule has 2 fully saturated rings. The average Bonchev–Trinajstić information content (AvgIpc) is 3.60. The highest BCUT2D eigenvalue weighted by atomic mass is 16.6. The zero-order valence-electron chi connectivity index (χ0n) is 34.2. The number of piperidine rings is 1. The molecule has 5 amide bonds. The predicted octanol–water partition coefficient (Wildman–Crippen LogP) is 5.35. The molecule has 2 saturated heterocycles. The van der Waals surface area contributed by atoms with Crippen LogP contribution in [0.1, 0.15) is 106 Å². The zero-order valence-corrected chi connectivity index (χ0v) is 34.2. The van der Waals surface area contributed by atoms with Gasteiger partial charge in [-0.2, -0.15) is 5.06 Å². The number of carboxylic acid groups (broad SMARTS) is 1. The number of nitrogens with one attached hydrogen (secondary N) is 3. The van der Waals surface area contributed by atoms with Gasteiger partial charge in [-0.1, -0.05) is 56.3 Å². The Kier molecular flexibility index (Phi) is 17.0. The molecule has 2 aliphatic rings. The van der Waals surface area contributed by atoms with Crippen molar-refractivity contribution in [3.05, 3.63) is 48.0 Å². The number of alkyl carbamates (subject to hydrolysis) is 1. The van der Waals surface area contributed by atoms with Crippen LogP contribution in [0.3, 0.4) is 0 Å². The lowest BCUT2D eigenvalue weighted by atomic mass is 9.80. The summed E-state index contributed by atoms with van der Waals surface area (Å²) in [6.45, 7) is 16.9. The van der Waals surface area contributed by atoms with Crippen LogP contribution in [-0.4, -0.2) is 117 Å². The summed E-state index contributed by atoms with van der Waals surface area (Å²) in [6.07, 6.45) is 4.98. The van der Waals surface area contributed by atoms with Crippen LogP contribution >= 0.6 is 0 Å². The van der Waals surface area contributed by atoms with Crippen molar-refractivity contribution in [2.45, 2.75) is 142 Å². The van der Waals surface area contributed by atoms with Crippen molar-refractivity contribution in [1.29, 1.82) is 0 Å². The SMILES string of the molecule is CCN(CC)C(=O)C(CCCNC(=O)OC1CC(C)(C)N(O)C(C)(C)C1)NC(=O)[C@@H]1CCCN1C(=O)C(/C=C/C(CC(C)C)NC(=O)O)Cc1ccccc1. The number of ether oxygens (including phenoxy) is 1. The van der Waals surface area contributed by atoms with E-state index in [0.29, 0.717) is 64.6 Å². The molecule has 0 radical (unpaired) electrons. The highest BCUT2D eigenvalue weighted by Crippen LogP contribution is 2.38. The molecule has 0 bridgehead atoms. The van der Waals surface area contributed by atoms with E-state index in [-0.39, 0.29) is 36.8 Å². The second-order valence-corrected chi connectivity index (χ2v) is 16.6.